The molecule has 1 heterocycles. The number of hydrogen-bond acceptors (Lipinski definition) is 5. The minimum Gasteiger partial charge on any atom is -0.274 e. The van der Waals surface area contributed by atoms with Crippen molar-refractivity contribution in [1.29, 1.82) is 0 Å². The van der Waals surface area contributed by atoms with Crippen molar-refractivity contribution < 1.29 is 13.2 Å². The van der Waals surface area contributed by atoms with E-state index in [1.807, 2.05) is 10.1 Å². The number of carbonyl (C=O) groups excluding carboxylic acids is 1. The summed E-state index contributed by atoms with van der Waals surface area (Å²) in [5.41, 5.74) is 2.44. The lowest BCUT2D eigenvalue weighted by atomic mass is 10.2. The number of benzene rings is 1. The van der Waals surface area contributed by atoms with Crippen LogP contribution in [0.4, 0.5) is 0 Å². The van der Waals surface area contributed by atoms with Crippen molar-refractivity contribution in [2.45, 2.75) is 17.7 Å². The largest absolute Gasteiger partial charge is 0.274 e. The molecule has 0 radical (unpaired) electrons. The molecule has 1 amide bonds. The molecule has 0 spiro atoms. The Hall–Kier alpha value is -1.44. The molecule has 0 aliphatic carbocycles. The molecule has 1 aromatic carbocycles. The van der Waals surface area contributed by atoms with E-state index in [1.165, 1.54) is 35.6 Å². The first-order chi connectivity index (χ1) is 9.47. The Morgan fingerprint density at radius 1 is 1.30 bits per heavy atom. The Morgan fingerprint density at radius 2 is 2.00 bits per heavy atom. The van der Waals surface area contributed by atoms with Crippen LogP contribution in [-0.4, -0.2) is 19.3 Å². The van der Waals surface area contributed by atoms with E-state index in [0.29, 0.717) is 11.4 Å². The fourth-order valence-electron chi connectivity index (χ4n) is 1.48. The van der Waals surface area contributed by atoms with Crippen molar-refractivity contribution in [3.05, 3.63) is 45.9 Å². The third-order valence-electron chi connectivity index (χ3n) is 2.46. The zero-order valence-electron chi connectivity index (χ0n) is 10.2. The van der Waals surface area contributed by atoms with Crippen molar-refractivity contribution in [2.24, 2.45) is 0 Å². The molecule has 0 saturated carbocycles. The lowest BCUT2D eigenvalue weighted by molar-refractivity contribution is -0.119. The van der Waals surface area contributed by atoms with E-state index in [2.05, 4.69) is 4.98 Å². The number of nitrogens with one attached hydrogen (secondary N) is 1. The summed E-state index contributed by atoms with van der Waals surface area (Å²) in [6, 6.07) is 5.60. The molecule has 20 heavy (non-hydrogen) atoms. The third-order valence-corrected chi connectivity index (χ3v) is 4.74. The molecule has 0 unspecified atom stereocenters. The smallest absolute Gasteiger partial charge is 0.264 e. The van der Waals surface area contributed by atoms with Crippen LogP contribution in [-0.2, 0) is 21.2 Å². The van der Waals surface area contributed by atoms with Gasteiger partial charge in [0.1, 0.15) is 0 Å². The Labute approximate surface area is 125 Å². The van der Waals surface area contributed by atoms with Gasteiger partial charge in [-0.2, -0.15) is 0 Å². The number of nitrogens with zero attached hydrogens (tertiary/aromatic N) is 1. The lowest BCUT2D eigenvalue weighted by Crippen LogP contribution is -2.30. The SMILES string of the molecule is O=C(CCc1cscn1)NS(=O)(=O)c1ccc(Cl)cc1. The van der Waals surface area contributed by atoms with Gasteiger partial charge in [-0.05, 0) is 30.7 Å². The van der Waals surface area contributed by atoms with Crippen molar-refractivity contribution in [1.82, 2.24) is 9.71 Å². The maximum Gasteiger partial charge on any atom is 0.264 e. The maximum atomic E-state index is 11.9. The molecular weight excluding hydrogens is 320 g/mol. The summed E-state index contributed by atoms with van der Waals surface area (Å²) in [6.45, 7) is 0. The van der Waals surface area contributed by atoms with Crippen molar-refractivity contribution in [3.8, 4) is 0 Å². The van der Waals surface area contributed by atoms with Gasteiger partial charge in [0.25, 0.3) is 10.0 Å². The topological polar surface area (TPSA) is 76.1 Å². The summed E-state index contributed by atoms with van der Waals surface area (Å²) in [5.74, 6) is -0.562. The molecule has 5 nitrogen and oxygen atoms in total. The number of hydrogen-bond donors (Lipinski definition) is 1. The van der Waals surface area contributed by atoms with E-state index in [4.69, 9.17) is 11.6 Å². The van der Waals surface area contributed by atoms with Crippen molar-refractivity contribution in [2.75, 3.05) is 0 Å². The predicted molar refractivity (Wildman–Crippen MR) is 77.2 cm³/mol. The van der Waals surface area contributed by atoms with E-state index < -0.39 is 15.9 Å². The summed E-state index contributed by atoms with van der Waals surface area (Å²) >= 11 is 7.12. The van der Waals surface area contributed by atoms with Gasteiger partial charge in [-0.15, -0.1) is 11.3 Å². The molecule has 0 aliphatic heterocycles. The van der Waals surface area contributed by atoms with Gasteiger partial charge < -0.3 is 0 Å². The van der Waals surface area contributed by atoms with Gasteiger partial charge in [0, 0.05) is 16.8 Å². The zero-order valence-corrected chi connectivity index (χ0v) is 12.6. The monoisotopic (exact) mass is 330 g/mol. The molecule has 0 atom stereocenters. The van der Waals surface area contributed by atoms with E-state index in [1.54, 1.807) is 5.51 Å². The predicted octanol–water partition coefficient (Wildman–Crippen LogP) is 2.23. The van der Waals surface area contributed by atoms with Gasteiger partial charge in [0.05, 0.1) is 16.1 Å². The third kappa shape index (κ3) is 4.03. The second-order valence-electron chi connectivity index (χ2n) is 3.96. The van der Waals surface area contributed by atoms with Crippen LogP contribution in [0.1, 0.15) is 12.1 Å². The first kappa shape index (κ1) is 15.0. The van der Waals surface area contributed by atoms with E-state index in [-0.39, 0.29) is 11.3 Å². The second kappa shape index (κ2) is 6.34. The first-order valence-corrected chi connectivity index (χ1v) is 8.46. The number of amides is 1. The van der Waals surface area contributed by atoms with E-state index >= 15 is 0 Å². The summed E-state index contributed by atoms with van der Waals surface area (Å²) in [7, 11) is -3.84. The molecule has 0 saturated heterocycles. The molecule has 1 aromatic heterocycles. The molecule has 2 rings (SSSR count). The highest BCUT2D eigenvalue weighted by atomic mass is 35.5. The molecule has 1 N–H and O–H groups in total. The molecule has 106 valence electrons. The van der Waals surface area contributed by atoms with Gasteiger partial charge >= 0.3 is 0 Å². The second-order valence-corrected chi connectivity index (χ2v) is 6.80. The van der Waals surface area contributed by atoms with Crippen LogP contribution >= 0.6 is 22.9 Å². The van der Waals surface area contributed by atoms with Gasteiger partial charge in [-0.1, -0.05) is 11.6 Å². The van der Waals surface area contributed by atoms with Crippen molar-refractivity contribution >= 4 is 38.9 Å². The Morgan fingerprint density at radius 3 is 2.60 bits per heavy atom. The van der Waals surface area contributed by atoms with E-state index in [0.717, 1.165) is 5.69 Å². The quantitative estimate of drug-likeness (QED) is 0.912. The summed E-state index contributed by atoms with van der Waals surface area (Å²) < 4.78 is 25.9. The van der Waals surface area contributed by atoms with Gasteiger partial charge in [0.2, 0.25) is 5.91 Å². The minimum absolute atomic E-state index is 0.00362. The number of halogens is 1. The number of carbonyl (C=O) groups is 1. The molecule has 0 fully saturated rings. The van der Waals surface area contributed by atoms with Crippen LogP contribution in [0.3, 0.4) is 0 Å². The number of aryl methyl sites for hydroxylation is 1. The summed E-state index contributed by atoms with van der Waals surface area (Å²) in [4.78, 5) is 15.7. The number of rotatable bonds is 5. The van der Waals surface area contributed by atoms with Crippen LogP contribution in [0.15, 0.2) is 40.1 Å². The summed E-state index contributed by atoms with van der Waals surface area (Å²) in [5, 5.41) is 2.25. The van der Waals surface area contributed by atoms with Crippen LogP contribution in [0.2, 0.25) is 5.02 Å². The van der Waals surface area contributed by atoms with Crippen LogP contribution in [0.25, 0.3) is 0 Å². The fraction of sp³-hybridized carbons (Fsp3) is 0.167. The summed E-state index contributed by atoms with van der Waals surface area (Å²) in [6.07, 6.45) is 0.474. The Kier molecular flexibility index (Phi) is 4.74. The van der Waals surface area contributed by atoms with E-state index in [9.17, 15) is 13.2 Å². The number of thiazole rings is 1. The zero-order chi connectivity index (χ0) is 14.6. The fourth-order valence-corrected chi connectivity index (χ4v) is 3.21. The van der Waals surface area contributed by atoms with Crippen LogP contribution < -0.4 is 4.72 Å². The highest BCUT2D eigenvalue weighted by Gasteiger charge is 2.17. The number of sulfonamides is 1. The molecule has 2 aromatic rings. The number of aromatic nitrogens is 1. The van der Waals surface area contributed by atoms with Crippen LogP contribution in [0, 0.1) is 0 Å². The maximum absolute atomic E-state index is 11.9. The first-order valence-electron chi connectivity index (χ1n) is 5.66. The molecule has 0 bridgehead atoms. The normalized spacial score (nSPS) is 11.2. The van der Waals surface area contributed by atoms with Crippen molar-refractivity contribution in [3.63, 3.8) is 0 Å². The average Bonchev–Trinajstić information content (AvgIpc) is 2.89. The molecule has 0 aliphatic rings. The van der Waals surface area contributed by atoms with Gasteiger partial charge in [-0.25, -0.2) is 18.1 Å². The highest BCUT2D eigenvalue weighted by molar-refractivity contribution is 7.90. The Balaban J connectivity index is 1.97. The van der Waals surface area contributed by atoms with Gasteiger partial charge in [0.15, 0.2) is 0 Å². The Bertz CT molecular complexity index is 682. The lowest BCUT2D eigenvalue weighted by Gasteiger charge is -2.06. The standard InChI is InChI=1S/C12H11ClN2O3S2/c13-9-1-4-11(5-2-9)20(17,18)15-12(16)6-3-10-7-19-8-14-10/h1-2,4-5,7-8H,3,6H2,(H,15,16). The highest BCUT2D eigenvalue weighted by Crippen LogP contribution is 2.14. The van der Waals surface area contributed by atoms with Crippen LogP contribution in [0.5, 0.6) is 0 Å². The van der Waals surface area contributed by atoms with Gasteiger partial charge in [-0.3, -0.25) is 4.79 Å². The minimum atomic E-state index is -3.84. The molecule has 8 heteroatoms. The molecular formula is C12H11ClN2O3S2. The average molecular weight is 331 g/mol.